The molecule has 0 aliphatic rings. The van der Waals surface area contributed by atoms with E-state index in [9.17, 15) is 8.42 Å². The number of nitrogens with one attached hydrogen (secondary N) is 3. The van der Waals surface area contributed by atoms with Crippen LogP contribution in [0, 0.1) is 0 Å². The molecule has 0 fully saturated rings. The average Bonchev–Trinajstić information content (AvgIpc) is 2.89. The van der Waals surface area contributed by atoms with Crippen molar-refractivity contribution in [1.82, 2.24) is 19.9 Å². The highest BCUT2D eigenvalue weighted by Crippen LogP contribution is 2.17. The fourth-order valence-electron chi connectivity index (χ4n) is 1.43. The quantitative estimate of drug-likeness (QED) is 0.724. The first-order valence-corrected chi connectivity index (χ1v) is 6.72. The molecule has 0 atom stereocenters. The minimum atomic E-state index is -3.60. The lowest BCUT2D eigenvalue weighted by molar-refractivity contribution is 0.581. The first-order chi connectivity index (χ1) is 8.63. The average molecular weight is 267 g/mol. The van der Waals surface area contributed by atoms with Crippen LogP contribution in [0.15, 0.2) is 35.6 Å². The topological polar surface area (TPSA) is 99.8 Å². The second-order valence-corrected chi connectivity index (χ2v) is 5.27. The molecule has 0 amide bonds. The van der Waals surface area contributed by atoms with Crippen molar-refractivity contribution in [3.8, 4) is 0 Å². The lowest BCUT2D eigenvalue weighted by Gasteiger charge is -2.09. The van der Waals surface area contributed by atoms with Gasteiger partial charge in [0.15, 0.2) is 0 Å². The van der Waals surface area contributed by atoms with E-state index in [2.05, 4.69) is 25.2 Å². The van der Waals surface area contributed by atoms with Crippen LogP contribution in [0.4, 0.5) is 5.82 Å². The molecule has 2 aromatic rings. The lowest BCUT2D eigenvalue weighted by atomic mass is 10.4. The first kappa shape index (κ1) is 12.5. The summed E-state index contributed by atoms with van der Waals surface area (Å²) in [6.45, 7) is 0.177. The Morgan fingerprint density at radius 3 is 2.94 bits per heavy atom. The van der Waals surface area contributed by atoms with Gasteiger partial charge in [0.2, 0.25) is 10.0 Å². The van der Waals surface area contributed by atoms with Gasteiger partial charge in [-0.05, 0) is 12.1 Å². The van der Waals surface area contributed by atoms with Crippen molar-refractivity contribution in [2.24, 2.45) is 0 Å². The van der Waals surface area contributed by atoms with Crippen LogP contribution in [0.25, 0.3) is 0 Å². The van der Waals surface area contributed by atoms with E-state index in [-0.39, 0.29) is 11.4 Å². The lowest BCUT2D eigenvalue weighted by Crippen LogP contribution is -2.24. The summed E-state index contributed by atoms with van der Waals surface area (Å²) in [5.41, 5.74) is 0.758. The molecule has 2 heterocycles. The Hall–Kier alpha value is -1.93. The third kappa shape index (κ3) is 2.66. The number of sulfonamides is 1. The highest BCUT2D eigenvalue weighted by Gasteiger charge is 2.18. The van der Waals surface area contributed by atoms with Gasteiger partial charge in [0.25, 0.3) is 0 Å². The number of nitrogens with zero attached hydrogens (tertiary/aromatic N) is 2. The van der Waals surface area contributed by atoms with Crippen molar-refractivity contribution in [2.75, 3.05) is 12.4 Å². The summed E-state index contributed by atoms with van der Waals surface area (Å²) in [5, 5.41) is 9.11. The van der Waals surface area contributed by atoms with Crippen molar-refractivity contribution in [2.45, 2.75) is 11.4 Å². The van der Waals surface area contributed by atoms with Gasteiger partial charge in [-0.2, -0.15) is 5.10 Å². The van der Waals surface area contributed by atoms with Crippen molar-refractivity contribution < 1.29 is 8.42 Å². The molecule has 0 bridgehead atoms. The van der Waals surface area contributed by atoms with Crippen LogP contribution in [-0.2, 0) is 16.6 Å². The summed E-state index contributed by atoms with van der Waals surface area (Å²) in [6.07, 6.45) is 4.72. The molecule has 18 heavy (non-hydrogen) atoms. The van der Waals surface area contributed by atoms with Gasteiger partial charge in [0, 0.05) is 31.5 Å². The highest BCUT2D eigenvalue weighted by atomic mass is 32.2. The number of aromatic nitrogens is 3. The maximum atomic E-state index is 12.1. The fraction of sp³-hybridized carbons (Fsp3) is 0.200. The predicted molar refractivity (Wildman–Crippen MR) is 66.4 cm³/mol. The number of hydrogen-bond acceptors (Lipinski definition) is 5. The summed E-state index contributed by atoms with van der Waals surface area (Å²) >= 11 is 0. The molecule has 3 N–H and O–H groups in total. The highest BCUT2D eigenvalue weighted by molar-refractivity contribution is 7.89. The van der Waals surface area contributed by atoms with Gasteiger partial charge in [0.05, 0.1) is 6.20 Å². The molecule has 8 heteroatoms. The molecule has 0 saturated heterocycles. The summed E-state index contributed by atoms with van der Waals surface area (Å²) < 4.78 is 26.7. The van der Waals surface area contributed by atoms with Crippen molar-refractivity contribution in [3.05, 3.63) is 36.3 Å². The second-order valence-electron chi connectivity index (χ2n) is 3.53. The molecular formula is C10H13N5O2S. The minimum absolute atomic E-state index is 0.121. The standard InChI is InChI=1S/C10H13N5O2S/c1-11-10-9(3-2-4-12-10)18(16,17)15-7-8-5-13-14-6-8/h2-6,15H,7H2,1H3,(H,11,12)(H,13,14). The Bertz CT molecular complexity index is 609. The SMILES string of the molecule is CNc1ncccc1S(=O)(=O)NCc1cn[nH]c1. The minimum Gasteiger partial charge on any atom is -0.372 e. The fourth-order valence-corrected chi connectivity index (χ4v) is 2.60. The van der Waals surface area contributed by atoms with Gasteiger partial charge in [0.1, 0.15) is 10.7 Å². The van der Waals surface area contributed by atoms with Crippen molar-refractivity contribution in [3.63, 3.8) is 0 Å². The molecule has 0 spiro atoms. The number of aromatic amines is 1. The Labute approximate surface area is 105 Å². The second kappa shape index (κ2) is 5.15. The normalized spacial score (nSPS) is 11.4. The van der Waals surface area contributed by atoms with Gasteiger partial charge < -0.3 is 5.32 Å². The maximum Gasteiger partial charge on any atom is 0.244 e. The van der Waals surface area contributed by atoms with Gasteiger partial charge in [-0.1, -0.05) is 0 Å². The van der Waals surface area contributed by atoms with Crippen LogP contribution in [0.3, 0.4) is 0 Å². The molecule has 2 rings (SSSR count). The Kier molecular flexibility index (Phi) is 3.58. The molecule has 2 aromatic heterocycles. The van der Waals surface area contributed by atoms with Gasteiger partial charge >= 0.3 is 0 Å². The van der Waals surface area contributed by atoms with E-state index in [1.807, 2.05) is 0 Å². The van der Waals surface area contributed by atoms with Crippen LogP contribution in [-0.4, -0.2) is 30.6 Å². The monoisotopic (exact) mass is 267 g/mol. The molecule has 96 valence electrons. The first-order valence-electron chi connectivity index (χ1n) is 5.23. The van der Waals surface area contributed by atoms with Crippen molar-refractivity contribution >= 4 is 15.8 Å². The summed E-state index contributed by atoms with van der Waals surface area (Å²) in [7, 11) is -1.97. The summed E-state index contributed by atoms with van der Waals surface area (Å²) in [5.74, 6) is 0.317. The van der Waals surface area contributed by atoms with Crippen LogP contribution >= 0.6 is 0 Å². The summed E-state index contributed by atoms with van der Waals surface area (Å²) in [6, 6.07) is 3.07. The van der Waals surface area contributed by atoms with Gasteiger partial charge in [-0.15, -0.1) is 0 Å². The van der Waals surface area contributed by atoms with E-state index >= 15 is 0 Å². The molecule has 7 nitrogen and oxygen atoms in total. The third-order valence-corrected chi connectivity index (χ3v) is 3.75. The number of rotatable bonds is 5. The zero-order valence-electron chi connectivity index (χ0n) is 9.71. The van der Waals surface area contributed by atoms with E-state index in [1.54, 1.807) is 25.5 Å². The smallest absolute Gasteiger partial charge is 0.244 e. The maximum absolute atomic E-state index is 12.1. The molecule has 0 aromatic carbocycles. The van der Waals surface area contributed by atoms with Gasteiger partial charge in [-0.25, -0.2) is 18.1 Å². The van der Waals surface area contributed by atoms with Crippen LogP contribution < -0.4 is 10.0 Å². The number of pyridine rings is 1. The number of anilines is 1. The molecule has 0 unspecified atom stereocenters. The van der Waals surface area contributed by atoms with E-state index < -0.39 is 10.0 Å². The third-order valence-electron chi connectivity index (χ3n) is 2.32. The zero-order chi connectivity index (χ0) is 13.0. The Morgan fingerprint density at radius 2 is 2.28 bits per heavy atom. The van der Waals surface area contributed by atoms with Crippen LogP contribution in [0.2, 0.25) is 0 Å². The summed E-state index contributed by atoms with van der Waals surface area (Å²) in [4.78, 5) is 4.08. The van der Waals surface area contributed by atoms with E-state index in [1.165, 1.54) is 12.3 Å². The van der Waals surface area contributed by atoms with Gasteiger partial charge in [-0.3, -0.25) is 5.10 Å². The molecule has 0 radical (unpaired) electrons. The van der Waals surface area contributed by atoms with Crippen LogP contribution in [0.5, 0.6) is 0 Å². The number of hydrogen-bond donors (Lipinski definition) is 3. The molecular weight excluding hydrogens is 254 g/mol. The number of H-pyrrole nitrogens is 1. The molecule has 0 aliphatic carbocycles. The van der Waals surface area contributed by atoms with E-state index in [4.69, 9.17) is 0 Å². The molecule has 0 saturated carbocycles. The van der Waals surface area contributed by atoms with E-state index in [0.717, 1.165) is 5.56 Å². The zero-order valence-corrected chi connectivity index (χ0v) is 10.5. The molecule has 0 aliphatic heterocycles. The van der Waals surface area contributed by atoms with Crippen molar-refractivity contribution in [1.29, 1.82) is 0 Å². The Morgan fingerprint density at radius 1 is 1.44 bits per heavy atom. The largest absolute Gasteiger partial charge is 0.372 e. The van der Waals surface area contributed by atoms with Crippen LogP contribution in [0.1, 0.15) is 5.56 Å². The van der Waals surface area contributed by atoms with E-state index in [0.29, 0.717) is 5.82 Å². The Balaban J connectivity index is 2.20. The predicted octanol–water partition coefficient (Wildman–Crippen LogP) is 0.325.